The van der Waals surface area contributed by atoms with E-state index < -0.39 is 52.2 Å². The summed E-state index contributed by atoms with van der Waals surface area (Å²) < 4.78 is 47.0. The van der Waals surface area contributed by atoms with Crippen LogP contribution >= 0.6 is 34.7 Å². The largest absolute Gasteiger partial charge is 0.484 e. The van der Waals surface area contributed by atoms with Crippen LogP contribution < -0.4 is 19.8 Å². The Labute approximate surface area is 254 Å². The van der Waals surface area contributed by atoms with Gasteiger partial charge in [-0.15, -0.1) is 0 Å². The standard InChI is InChI=1S/C29H19ClF3N3O5S2/c30-15-7-9-16(10-8-15)34-20(37)13-41-17-11-5-14(6-12-17)21-22-24(42-25-23(21)43-28(40)35-25)27(39)36(26(22)38)19-4-2-1-3-18(19)29(31,32)33/h1-12,21-22,24H,13H2,(H,34,37)(H,35,40). The predicted octanol–water partition coefficient (Wildman–Crippen LogP) is 5.92. The summed E-state index contributed by atoms with van der Waals surface area (Å²) in [7, 11) is 0. The fraction of sp³-hybridized carbons (Fsp3) is 0.172. The molecule has 6 rings (SSSR count). The Balaban J connectivity index is 1.27. The lowest BCUT2D eigenvalue weighted by Gasteiger charge is -2.29. The third-order valence-electron chi connectivity index (χ3n) is 7.01. The topological polar surface area (TPSA) is 109 Å². The van der Waals surface area contributed by atoms with Gasteiger partial charge in [-0.3, -0.25) is 19.2 Å². The van der Waals surface area contributed by atoms with E-state index in [2.05, 4.69) is 10.3 Å². The molecule has 220 valence electrons. The molecule has 3 atom stereocenters. The lowest BCUT2D eigenvalue weighted by molar-refractivity contribution is -0.137. The Hall–Kier alpha value is -4.07. The number of nitrogens with zero attached hydrogens (tertiary/aromatic N) is 1. The molecule has 2 aliphatic heterocycles. The van der Waals surface area contributed by atoms with Crippen molar-refractivity contribution in [2.75, 3.05) is 16.8 Å². The molecule has 3 heterocycles. The third-order valence-corrected chi connectivity index (χ3v) is 9.66. The number of anilines is 2. The maximum atomic E-state index is 13.8. The molecule has 4 aromatic rings. The second kappa shape index (κ2) is 11.2. The van der Waals surface area contributed by atoms with Crippen molar-refractivity contribution < 1.29 is 32.3 Å². The number of benzene rings is 3. The first-order valence-corrected chi connectivity index (χ1v) is 14.8. The number of carbonyl (C=O) groups excluding carboxylic acids is 3. The van der Waals surface area contributed by atoms with Crippen molar-refractivity contribution in [1.82, 2.24) is 4.98 Å². The summed E-state index contributed by atoms with van der Waals surface area (Å²) in [6.45, 7) is -0.295. The highest BCUT2D eigenvalue weighted by atomic mass is 35.5. The highest BCUT2D eigenvalue weighted by molar-refractivity contribution is 8.00. The van der Waals surface area contributed by atoms with Crippen LogP contribution in [0, 0.1) is 5.92 Å². The Morgan fingerprint density at radius 3 is 2.37 bits per heavy atom. The summed E-state index contributed by atoms with van der Waals surface area (Å²) in [4.78, 5) is 55.4. The molecule has 0 saturated carbocycles. The predicted molar refractivity (Wildman–Crippen MR) is 156 cm³/mol. The fourth-order valence-corrected chi connectivity index (χ4v) is 7.81. The zero-order valence-electron chi connectivity index (χ0n) is 21.7. The number of amides is 3. The molecule has 1 saturated heterocycles. The van der Waals surface area contributed by atoms with Crippen molar-refractivity contribution >= 4 is 63.8 Å². The van der Waals surface area contributed by atoms with Crippen LogP contribution in [-0.2, 0) is 20.6 Å². The molecule has 3 unspecified atom stereocenters. The Morgan fingerprint density at radius 1 is 0.977 bits per heavy atom. The molecule has 2 N–H and O–H groups in total. The number of aromatic nitrogens is 1. The van der Waals surface area contributed by atoms with Crippen molar-refractivity contribution in [3.05, 3.63) is 103 Å². The minimum absolute atomic E-state index is 0.295. The van der Waals surface area contributed by atoms with E-state index in [4.69, 9.17) is 16.3 Å². The summed E-state index contributed by atoms with van der Waals surface area (Å²) in [5.41, 5.74) is -0.531. The van der Waals surface area contributed by atoms with Crippen LogP contribution in [0.5, 0.6) is 5.75 Å². The molecular formula is C29H19ClF3N3O5S2. The number of thiazole rings is 1. The Bertz CT molecular complexity index is 1790. The third kappa shape index (κ3) is 5.55. The van der Waals surface area contributed by atoms with Crippen molar-refractivity contribution in [2.45, 2.75) is 22.4 Å². The molecule has 43 heavy (non-hydrogen) atoms. The number of aromatic amines is 1. The number of rotatable bonds is 6. The number of halogens is 4. The average Bonchev–Trinajstić information content (AvgIpc) is 3.47. The minimum Gasteiger partial charge on any atom is -0.484 e. The number of alkyl halides is 3. The van der Waals surface area contributed by atoms with Gasteiger partial charge in [-0.25, -0.2) is 4.90 Å². The summed E-state index contributed by atoms with van der Waals surface area (Å²) in [6, 6.07) is 17.4. The maximum Gasteiger partial charge on any atom is 0.418 e. The van der Waals surface area contributed by atoms with Gasteiger partial charge in [-0.1, -0.05) is 59.0 Å². The van der Waals surface area contributed by atoms with E-state index in [1.54, 1.807) is 48.5 Å². The fourth-order valence-electron chi connectivity index (χ4n) is 5.17. The van der Waals surface area contributed by atoms with E-state index in [1.165, 1.54) is 12.1 Å². The van der Waals surface area contributed by atoms with Crippen LogP contribution in [0.2, 0.25) is 5.02 Å². The molecule has 0 spiro atoms. The van der Waals surface area contributed by atoms with Gasteiger partial charge in [-0.2, -0.15) is 13.2 Å². The highest BCUT2D eigenvalue weighted by Gasteiger charge is 2.57. The van der Waals surface area contributed by atoms with Crippen LogP contribution in [-0.4, -0.2) is 34.6 Å². The van der Waals surface area contributed by atoms with Gasteiger partial charge in [0.05, 0.1) is 22.2 Å². The van der Waals surface area contributed by atoms with Gasteiger partial charge in [0.15, 0.2) is 6.61 Å². The van der Waals surface area contributed by atoms with Gasteiger partial charge in [-0.05, 0) is 54.1 Å². The van der Waals surface area contributed by atoms with Gasteiger partial charge in [0.2, 0.25) is 11.8 Å². The van der Waals surface area contributed by atoms with Crippen molar-refractivity contribution in [1.29, 1.82) is 0 Å². The van der Waals surface area contributed by atoms with Gasteiger partial charge < -0.3 is 15.0 Å². The number of imide groups is 1. The number of hydrogen-bond donors (Lipinski definition) is 2. The van der Waals surface area contributed by atoms with Crippen LogP contribution in [0.25, 0.3) is 0 Å². The van der Waals surface area contributed by atoms with Gasteiger partial charge in [0.1, 0.15) is 11.0 Å². The summed E-state index contributed by atoms with van der Waals surface area (Å²) >= 11 is 7.71. The molecule has 8 nitrogen and oxygen atoms in total. The van der Waals surface area contributed by atoms with Crippen molar-refractivity contribution in [3.63, 3.8) is 0 Å². The van der Waals surface area contributed by atoms with Crippen LogP contribution in [0.1, 0.15) is 21.9 Å². The van der Waals surface area contributed by atoms with E-state index in [0.717, 1.165) is 35.2 Å². The first-order chi connectivity index (χ1) is 20.5. The summed E-state index contributed by atoms with van der Waals surface area (Å²) in [6.07, 6.45) is -4.79. The van der Waals surface area contributed by atoms with E-state index in [-0.39, 0.29) is 11.5 Å². The van der Waals surface area contributed by atoms with Gasteiger partial charge >= 0.3 is 11.0 Å². The molecule has 3 amide bonds. The molecule has 1 aromatic heterocycles. The zero-order chi connectivity index (χ0) is 30.5. The molecule has 0 aliphatic carbocycles. The monoisotopic (exact) mass is 645 g/mol. The first-order valence-electron chi connectivity index (χ1n) is 12.7. The van der Waals surface area contributed by atoms with Crippen LogP contribution in [0.4, 0.5) is 24.5 Å². The number of H-pyrrole nitrogens is 1. The molecule has 1 fully saturated rings. The smallest absolute Gasteiger partial charge is 0.418 e. The average molecular weight is 646 g/mol. The number of carbonyl (C=O) groups is 3. The van der Waals surface area contributed by atoms with E-state index in [1.807, 2.05) is 0 Å². The second-order valence-electron chi connectivity index (χ2n) is 9.69. The molecule has 2 aliphatic rings. The van der Waals surface area contributed by atoms with Crippen LogP contribution in [0.3, 0.4) is 0 Å². The van der Waals surface area contributed by atoms with Crippen molar-refractivity contribution in [3.8, 4) is 5.75 Å². The zero-order valence-corrected chi connectivity index (χ0v) is 24.1. The minimum atomic E-state index is -4.79. The lowest BCUT2D eigenvalue weighted by Crippen LogP contribution is -2.33. The number of nitrogens with one attached hydrogen (secondary N) is 2. The first kappa shape index (κ1) is 29.0. The Kier molecular flexibility index (Phi) is 7.57. The molecule has 0 bridgehead atoms. The molecular weight excluding hydrogens is 627 g/mol. The maximum absolute atomic E-state index is 13.8. The summed E-state index contributed by atoms with van der Waals surface area (Å²) in [5.74, 6) is -3.48. The quantitative estimate of drug-likeness (QED) is 0.252. The summed E-state index contributed by atoms with van der Waals surface area (Å²) in [5, 5.41) is 2.55. The van der Waals surface area contributed by atoms with E-state index in [9.17, 15) is 32.3 Å². The normalized spacial score (nSPS) is 19.6. The van der Waals surface area contributed by atoms with Crippen molar-refractivity contribution in [2.24, 2.45) is 5.92 Å². The Morgan fingerprint density at radius 2 is 1.67 bits per heavy atom. The number of fused-ring (bicyclic) bond motifs is 2. The van der Waals surface area contributed by atoms with Crippen LogP contribution in [0.15, 0.2) is 82.6 Å². The number of ether oxygens (including phenoxy) is 1. The number of hydrogen-bond acceptors (Lipinski definition) is 7. The molecule has 14 heteroatoms. The SMILES string of the molecule is O=C(COc1ccc(C2c3sc(=O)[nH]c3SC3C(=O)N(c4ccccc4C(F)(F)F)C(=O)C32)cc1)Nc1ccc(Cl)cc1. The van der Waals surface area contributed by atoms with Gasteiger partial charge in [0, 0.05) is 21.5 Å². The molecule has 3 aromatic carbocycles. The lowest BCUT2D eigenvalue weighted by atomic mass is 9.83. The van der Waals surface area contributed by atoms with E-state index >= 15 is 0 Å². The molecule has 0 radical (unpaired) electrons. The number of thioether (sulfide) groups is 1. The van der Waals surface area contributed by atoms with Gasteiger partial charge in [0.25, 0.3) is 5.91 Å². The highest BCUT2D eigenvalue weighted by Crippen LogP contribution is 2.54. The van der Waals surface area contributed by atoms with E-state index in [0.29, 0.717) is 36.8 Å². The second-order valence-corrected chi connectivity index (χ2v) is 12.3. The number of para-hydroxylation sites is 1.